The van der Waals surface area contributed by atoms with Gasteiger partial charge < -0.3 is 77.4 Å². The number of carbonyl (C=O) groups excluding carboxylic acids is 3. The quantitative estimate of drug-likeness (QED) is 0.0336. The Morgan fingerprint density at radius 3 is 1.41 bits per heavy atom. The maximum atomic E-state index is 14.2. The SMILES string of the molecule is CC[C@H]1O[C@@H](O[C@@H]2[C@H]3OC(=O)C[C@@H]3C[C@H](C)[C@H]2O[C@H]2O[C@@H]3CCC(c4ccccc4)O[C@H]3[C@H](O)[C@H]2NC(=O)OCc2ccccc2)[C@H](O[Si](c2ccccc2)(c2ccccc2)C(C)(C)C)[C@@H]1O[C@H]1O[C@H]2CCC(c3ccccc3)O[C@H]2[C@H](O)[C@H]1NC(=O)OCc1ccccc1. The van der Waals surface area contributed by atoms with Gasteiger partial charge in [-0.1, -0.05) is 217 Å². The van der Waals surface area contributed by atoms with Crippen LogP contribution < -0.4 is 21.0 Å². The van der Waals surface area contributed by atoms with E-state index < -0.39 is 136 Å². The molecule has 504 valence electrons. The lowest BCUT2D eigenvalue weighted by atomic mass is 9.76. The molecular weight excluding hydrogens is 1230 g/mol. The molecule has 7 aliphatic rings. The Labute approximate surface area is 556 Å². The summed E-state index contributed by atoms with van der Waals surface area (Å²) in [6.07, 6.45) is -14.7. The van der Waals surface area contributed by atoms with E-state index in [9.17, 15) is 24.6 Å². The minimum absolute atomic E-state index is 0.0386. The number of hydrogen-bond donors (Lipinski definition) is 4. The molecule has 0 bridgehead atoms. The molecule has 6 aromatic carbocycles. The van der Waals surface area contributed by atoms with Crippen molar-refractivity contribution in [3.8, 4) is 0 Å². The molecule has 19 nitrogen and oxygen atoms in total. The summed E-state index contributed by atoms with van der Waals surface area (Å²) in [5.41, 5.74) is 3.44. The van der Waals surface area contributed by atoms with E-state index in [0.29, 0.717) is 38.5 Å². The lowest BCUT2D eigenvalue weighted by Crippen LogP contribution is -2.70. The van der Waals surface area contributed by atoms with Crippen LogP contribution in [0.15, 0.2) is 182 Å². The van der Waals surface area contributed by atoms with Crippen molar-refractivity contribution in [1.29, 1.82) is 0 Å². The van der Waals surface area contributed by atoms with Gasteiger partial charge in [-0.2, -0.15) is 0 Å². The number of hydrogen-bond acceptors (Lipinski definition) is 17. The smallest absolute Gasteiger partial charge is 0.407 e. The van der Waals surface area contributed by atoms with Crippen LogP contribution in [0.1, 0.15) is 114 Å². The largest absolute Gasteiger partial charge is 0.459 e. The van der Waals surface area contributed by atoms with Crippen LogP contribution in [0.25, 0.3) is 0 Å². The van der Waals surface area contributed by atoms with Gasteiger partial charge in [-0.25, -0.2) is 9.59 Å². The molecule has 21 atom stereocenters. The fourth-order valence-corrected chi connectivity index (χ4v) is 20.1. The lowest BCUT2D eigenvalue weighted by Gasteiger charge is -2.51. The minimum Gasteiger partial charge on any atom is -0.459 e. The first kappa shape index (κ1) is 66.7. The Morgan fingerprint density at radius 1 is 0.526 bits per heavy atom. The molecule has 13 rings (SSSR count). The molecule has 1 aliphatic carbocycles. The summed E-state index contributed by atoms with van der Waals surface area (Å²) in [4.78, 5) is 42.0. The van der Waals surface area contributed by atoms with Crippen LogP contribution in [-0.4, -0.2) is 141 Å². The number of nitrogens with one attached hydrogen (secondary N) is 2. The van der Waals surface area contributed by atoms with Gasteiger partial charge in [-0.05, 0) is 82.1 Å². The molecule has 1 saturated carbocycles. The molecule has 0 radical (unpaired) electrons. The van der Waals surface area contributed by atoms with Crippen LogP contribution in [0.5, 0.6) is 0 Å². The third-order valence-corrected chi connectivity index (χ3v) is 25.1. The fraction of sp³-hybridized carbons (Fsp3) is 0.480. The fourth-order valence-electron chi connectivity index (χ4n) is 15.4. The molecule has 6 saturated heterocycles. The van der Waals surface area contributed by atoms with Crippen molar-refractivity contribution < 1.29 is 81.1 Å². The summed E-state index contributed by atoms with van der Waals surface area (Å²) in [5, 5.41) is 32.6. The number of amides is 2. The van der Waals surface area contributed by atoms with Crippen molar-refractivity contribution in [2.45, 2.75) is 214 Å². The number of ether oxygens (including phenoxy) is 11. The second-order valence-corrected chi connectivity index (χ2v) is 31.6. The number of aliphatic hydroxyl groups is 2. The van der Waals surface area contributed by atoms with Gasteiger partial charge >= 0.3 is 18.2 Å². The van der Waals surface area contributed by atoms with Crippen LogP contribution >= 0.6 is 0 Å². The first-order valence-electron chi connectivity index (χ1n) is 33.7. The summed E-state index contributed by atoms with van der Waals surface area (Å²) in [6.45, 7) is 10.4. The first-order chi connectivity index (χ1) is 46.1. The third-order valence-electron chi connectivity index (χ3n) is 20.1. The van der Waals surface area contributed by atoms with Gasteiger partial charge in [0.25, 0.3) is 8.32 Å². The van der Waals surface area contributed by atoms with Gasteiger partial charge in [0.05, 0.1) is 43.0 Å². The molecule has 2 amide bonds. The Balaban J connectivity index is 0.864. The molecule has 4 N–H and O–H groups in total. The second-order valence-electron chi connectivity index (χ2n) is 27.3. The van der Waals surface area contributed by atoms with Gasteiger partial charge in [0, 0.05) is 5.92 Å². The highest BCUT2D eigenvalue weighted by Gasteiger charge is 2.62. The highest BCUT2D eigenvalue weighted by atomic mass is 28.4. The average molecular weight is 1320 g/mol. The number of alkyl carbamates (subject to hydrolysis) is 2. The van der Waals surface area contributed by atoms with E-state index in [1.54, 1.807) is 0 Å². The maximum absolute atomic E-state index is 14.2. The Kier molecular flexibility index (Phi) is 20.7. The number of carbonyl (C=O) groups is 3. The average Bonchev–Trinajstić information content (AvgIpc) is 1.73. The van der Waals surface area contributed by atoms with Gasteiger partial charge in [0.15, 0.2) is 18.9 Å². The normalized spacial score (nSPS) is 33.8. The van der Waals surface area contributed by atoms with Crippen molar-refractivity contribution >= 4 is 36.8 Å². The third kappa shape index (κ3) is 14.4. The van der Waals surface area contributed by atoms with E-state index in [4.69, 9.17) is 56.5 Å². The molecule has 7 fully saturated rings. The van der Waals surface area contributed by atoms with Crippen LogP contribution in [0, 0.1) is 11.8 Å². The van der Waals surface area contributed by atoms with Crippen molar-refractivity contribution in [3.05, 3.63) is 204 Å². The summed E-state index contributed by atoms with van der Waals surface area (Å²) in [7, 11) is -3.62. The van der Waals surface area contributed by atoms with Crippen molar-refractivity contribution in [3.63, 3.8) is 0 Å². The van der Waals surface area contributed by atoms with E-state index >= 15 is 0 Å². The molecule has 6 aliphatic heterocycles. The highest BCUT2D eigenvalue weighted by molar-refractivity contribution is 6.99. The van der Waals surface area contributed by atoms with Gasteiger partial charge in [-0.3, -0.25) is 4.79 Å². The predicted molar refractivity (Wildman–Crippen MR) is 351 cm³/mol. The highest BCUT2D eigenvalue weighted by Crippen LogP contribution is 2.48. The molecule has 2 unspecified atom stereocenters. The molecular formula is C75H88N2O17Si. The van der Waals surface area contributed by atoms with E-state index in [0.717, 1.165) is 32.6 Å². The summed E-state index contributed by atoms with van der Waals surface area (Å²) < 4.78 is 83.2. The zero-order chi connectivity index (χ0) is 65.8. The number of rotatable bonds is 19. The number of aliphatic hydroxyl groups excluding tert-OH is 2. The molecule has 6 heterocycles. The van der Waals surface area contributed by atoms with Gasteiger partial charge in [0.1, 0.15) is 74.1 Å². The van der Waals surface area contributed by atoms with Crippen molar-refractivity contribution in [2.75, 3.05) is 0 Å². The van der Waals surface area contributed by atoms with Crippen molar-refractivity contribution in [2.24, 2.45) is 11.8 Å². The zero-order valence-corrected chi connectivity index (χ0v) is 55.3. The Hall–Kier alpha value is -6.89. The topological polar surface area (TPSA) is 226 Å². The van der Waals surface area contributed by atoms with E-state index in [-0.39, 0.29) is 43.7 Å². The number of benzene rings is 6. The maximum Gasteiger partial charge on any atom is 0.407 e. The van der Waals surface area contributed by atoms with E-state index in [1.165, 1.54) is 0 Å². The predicted octanol–water partition coefficient (Wildman–Crippen LogP) is 9.80. The summed E-state index contributed by atoms with van der Waals surface area (Å²) in [6, 6.07) is 56.1. The monoisotopic (exact) mass is 1320 g/mol. The molecule has 95 heavy (non-hydrogen) atoms. The number of fused-ring (bicyclic) bond motifs is 3. The van der Waals surface area contributed by atoms with Crippen molar-refractivity contribution in [1.82, 2.24) is 10.6 Å². The molecule has 0 aromatic heterocycles. The molecule has 20 heteroatoms. The zero-order valence-electron chi connectivity index (χ0n) is 54.3. The first-order valence-corrected chi connectivity index (χ1v) is 35.7. The summed E-state index contributed by atoms with van der Waals surface area (Å²) in [5.74, 6) is -1.03. The van der Waals surface area contributed by atoms with Crippen LogP contribution in [0.4, 0.5) is 9.59 Å². The molecule has 0 spiro atoms. The standard InChI is InChI=1S/C75H88N2O17Si/c1-6-53-67(92-71-60(77-74(82)84-44-47-27-15-8-16-28-47)62(80)66-57(89-71)40-38-55(86-66)49-31-19-10-20-32-49)69(94-95(75(3,4)5,51-33-21-11-22-34-51)52-35-23-12-24-36-52)72(87-53)93-68-63(45(2)41-50-42-58(78)90-64(50)68)91-70-59(76-73(81)83-43-46-25-13-7-14-26-46)61(79)65-56(88-70)39-37-54(85-65)48-29-17-9-18-30-48/h7-36,45,50,53-57,59-72,79-80H,6,37-44H2,1-5H3,(H,76,81)(H,77,82)/t45-,50-,53+,54?,55?,56+,57-,59+,60+,61+,62+,63+,64-,65+,66+,67+,68-,69+,70+,71+,72-/m0/s1. The number of esters is 1. The Bertz CT molecular complexity index is 3430. The Morgan fingerprint density at radius 2 is 0.958 bits per heavy atom. The van der Waals surface area contributed by atoms with Crippen LogP contribution in [-0.2, 0) is 74.5 Å². The molecule has 6 aromatic rings. The summed E-state index contributed by atoms with van der Waals surface area (Å²) >= 11 is 0. The van der Waals surface area contributed by atoms with Gasteiger partial charge in [0.2, 0.25) is 0 Å². The van der Waals surface area contributed by atoms with E-state index in [1.807, 2.05) is 172 Å². The van der Waals surface area contributed by atoms with E-state index in [2.05, 4.69) is 55.7 Å². The second kappa shape index (κ2) is 29.4. The minimum atomic E-state index is -3.62. The van der Waals surface area contributed by atoms with Gasteiger partial charge in [-0.15, -0.1) is 0 Å². The lowest BCUT2D eigenvalue weighted by molar-refractivity contribution is -0.328. The van der Waals surface area contributed by atoms with Crippen LogP contribution in [0.3, 0.4) is 0 Å². The van der Waals surface area contributed by atoms with Crippen LogP contribution in [0.2, 0.25) is 5.04 Å².